The highest BCUT2D eigenvalue weighted by Gasteiger charge is 2.46. The summed E-state index contributed by atoms with van der Waals surface area (Å²) in [5.74, 6) is 0.582. The molecule has 1 aliphatic heterocycles. The second kappa shape index (κ2) is 8.58. The predicted molar refractivity (Wildman–Crippen MR) is 125 cm³/mol. The van der Waals surface area contributed by atoms with Gasteiger partial charge in [-0.15, -0.1) is 0 Å². The van der Waals surface area contributed by atoms with Gasteiger partial charge in [0, 0.05) is 55.3 Å². The molecule has 0 saturated carbocycles. The lowest BCUT2D eigenvalue weighted by atomic mass is 9.81. The van der Waals surface area contributed by atoms with Crippen LogP contribution in [-0.4, -0.2) is 47.0 Å². The summed E-state index contributed by atoms with van der Waals surface area (Å²) in [7, 11) is 1.64. The lowest BCUT2D eigenvalue weighted by molar-refractivity contribution is -0.132. The number of benzene rings is 2. The number of nitrogens with one attached hydrogen (secondary N) is 2. The van der Waals surface area contributed by atoms with E-state index in [9.17, 15) is 9.59 Å². The number of nitrogens with zero attached hydrogens (tertiary/aromatic N) is 2. The Bertz CT molecular complexity index is 1290. The molecule has 1 atom stereocenters. The van der Waals surface area contributed by atoms with Gasteiger partial charge in [-0.25, -0.2) is 0 Å². The molecule has 0 radical (unpaired) electrons. The number of fused-ring (bicyclic) bond motifs is 1. The molecule has 3 heterocycles. The Morgan fingerprint density at radius 2 is 1.94 bits per heavy atom. The zero-order valence-electron chi connectivity index (χ0n) is 18.5. The van der Waals surface area contributed by atoms with Gasteiger partial charge in [0.25, 0.3) is 0 Å². The van der Waals surface area contributed by atoms with Crippen LogP contribution in [0.1, 0.15) is 17.7 Å². The number of rotatable bonds is 6. The molecule has 2 aromatic heterocycles. The molecular formula is C26H26N4O3. The standard InChI is InChI=1S/C26H26N4O3/c1-27-25(32)26(15-20-14-23(29-33-20)18-7-3-2-4-8-18)11-12-30(17-26)24(31)13-19-16-28-22-10-6-5-9-21(19)22/h2-10,14,16,28H,11-13,15,17H2,1H3,(H,27,32)/t26-/m0/s1. The number of hydrogen-bond donors (Lipinski definition) is 2. The van der Waals surface area contributed by atoms with Crippen molar-refractivity contribution in [3.05, 3.63) is 78.2 Å². The van der Waals surface area contributed by atoms with E-state index in [1.54, 1.807) is 11.9 Å². The fourth-order valence-corrected chi connectivity index (χ4v) is 4.79. The van der Waals surface area contributed by atoms with Crippen molar-refractivity contribution >= 4 is 22.7 Å². The Labute approximate surface area is 191 Å². The molecule has 2 aromatic carbocycles. The Kier molecular flexibility index (Phi) is 5.46. The largest absolute Gasteiger partial charge is 0.361 e. The number of hydrogen-bond acceptors (Lipinski definition) is 4. The van der Waals surface area contributed by atoms with E-state index in [-0.39, 0.29) is 11.8 Å². The van der Waals surface area contributed by atoms with Crippen molar-refractivity contribution < 1.29 is 14.1 Å². The van der Waals surface area contributed by atoms with Gasteiger partial charge in [0.1, 0.15) is 11.5 Å². The average Bonchev–Trinajstić information content (AvgIpc) is 3.59. The summed E-state index contributed by atoms with van der Waals surface area (Å²) in [4.78, 5) is 31.1. The number of aromatic amines is 1. The Morgan fingerprint density at radius 1 is 1.15 bits per heavy atom. The van der Waals surface area contributed by atoms with Crippen molar-refractivity contribution in [2.45, 2.75) is 19.3 Å². The maximum atomic E-state index is 13.1. The third-order valence-corrected chi connectivity index (χ3v) is 6.57. The van der Waals surface area contributed by atoms with Crippen LogP contribution in [0.2, 0.25) is 0 Å². The van der Waals surface area contributed by atoms with Crippen molar-refractivity contribution in [2.75, 3.05) is 20.1 Å². The van der Waals surface area contributed by atoms with E-state index in [1.165, 1.54) is 0 Å². The normalized spacial score (nSPS) is 18.0. The number of carbonyl (C=O) groups is 2. The first-order chi connectivity index (χ1) is 16.1. The van der Waals surface area contributed by atoms with E-state index >= 15 is 0 Å². The first-order valence-corrected chi connectivity index (χ1v) is 11.1. The fraction of sp³-hybridized carbons (Fsp3) is 0.269. The lowest BCUT2D eigenvalue weighted by Crippen LogP contribution is -2.44. The second-order valence-electron chi connectivity index (χ2n) is 8.68. The first-order valence-electron chi connectivity index (χ1n) is 11.1. The number of likely N-dealkylation sites (tertiary alicyclic amines) is 1. The highest BCUT2D eigenvalue weighted by atomic mass is 16.5. The van der Waals surface area contributed by atoms with E-state index in [1.807, 2.05) is 66.9 Å². The third kappa shape index (κ3) is 4.02. The van der Waals surface area contributed by atoms with Gasteiger partial charge in [-0.1, -0.05) is 53.7 Å². The van der Waals surface area contributed by atoms with Crippen LogP contribution in [0.25, 0.3) is 22.2 Å². The van der Waals surface area contributed by atoms with Gasteiger partial charge in [0.2, 0.25) is 11.8 Å². The Balaban J connectivity index is 1.33. The summed E-state index contributed by atoms with van der Waals surface area (Å²) in [5.41, 5.74) is 2.95. The predicted octanol–water partition coefficient (Wildman–Crippen LogP) is 3.57. The first kappa shape index (κ1) is 21.0. The minimum Gasteiger partial charge on any atom is -0.361 e. The van der Waals surface area contributed by atoms with E-state index in [2.05, 4.69) is 15.5 Å². The van der Waals surface area contributed by atoms with Crippen molar-refractivity contribution in [2.24, 2.45) is 5.41 Å². The topological polar surface area (TPSA) is 91.2 Å². The van der Waals surface area contributed by atoms with E-state index in [4.69, 9.17) is 4.52 Å². The van der Waals surface area contributed by atoms with Gasteiger partial charge >= 0.3 is 0 Å². The molecule has 1 aliphatic rings. The number of H-pyrrole nitrogens is 1. The molecule has 1 fully saturated rings. The molecule has 0 spiro atoms. The Hall–Kier alpha value is -3.87. The van der Waals surface area contributed by atoms with Crippen LogP contribution in [0.15, 0.2) is 71.4 Å². The molecule has 2 amide bonds. The van der Waals surface area contributed by atoms with Gasteiger partial charge in [0.15, 0.2) is 0 Å². The molecule has 168 valence electrons. The fourth-order valence-electron chi connectivity index (χ4n) is 4.79. The van der Waals surface area contributed by atoms with Crippen LogP contribution >= 0.6 is 0 Å². The van der Waals surface area contributed by atoms with Crippen molar-refractivity contribution in [3.8, 4) is 11.3 Å². The van der Waals surface area contributed by atoms with Crippen LogP contribution in [0.4, 0.5) is 0 Å². The summed E-state index contributed by atoms with van der Waals surface area (Å²) in [6, 6.07) is 19.6. The molecule has 0 unspecified atom stereocenters. The third-order valence-electron chi connectivity index (χ3n) is 6.57. The van der Waals surface area contributed by atoms with Crippen molar-refractivity contribution in [1.82, 2.24) is 20.4 Å². The second-order valence-corrected chi connectivity index (χ2v) is 8.68. The van der Waals surface area contributed by atoms with E-state index in [0.29, 0.717) is 38.1 Å². The quantitative estimate of drug-likeness (QED) is 0.478. The lowest BCUT2D eigenvalue weighted by Gasteiger charge is -2.26. The Morgan fingerprint density at radius 3 is 2.76 bits per heavy atom. The van der Waals surface area contributed by atoms with Crippen LogP contribution < -0.4 is 5.32 Å². The molecule has 2 N–H and O–H groups in total. The summed E-state index contributed by atoms with van der Waals surface area (Å²) in [6.07, 6.45) is 3.16. The zero-order chi connectivity index (χ0) is 22.8. The number of aromatic nitrogens is 2. The molecule has 0 aliphatic carbocycles. The minimum absolute atomic E-state index is 0.0214. The van der Waals surface area contributed by atoms with Crippen LogP contribution in [0, 0.1) is 5.41 Å². The summed E-state index contributed by atoms with van der Waals surface area (Å²) < 4.78 is 5.59. The zero-order valence-corrected chi connectivity index (χ0v) is 18.5. The van der Waals surface area contributed by atoms with E-state index < -0.39 is 5.41 Å². The number of carbonyl (C=O) groups excluding carboxylic acids is 2. The molecule has 5 rings (SSSR count). The SMILES string of the molecule is CNC(=O)[C@]1(Cc2cc(-c3ccccc3)no2)CCN(C(=O)Cc2c[nH]c3ccccc23)C1. The highest BCUT2D eigenvalue weighted by Crippen LogP contribution is 2.36. The van der Waals surface area contributed by atoms with Gasteiger partial charge in [-0.2, -0.15) is 0 Å². The molecular weight excluding hydrogens is 416 g/mol. The number of para-hydroxylation sites is 1. The molecule has 7 nitrogen and oxygen atoms in total. The molecule has 0 bridgehead atoms. The summed E-state index contributed by atoms with van der Waals surface area (Å²) in [5, 5.41) is 8.03. The monoisotopic (exact) mass is 442 g/mol. The summed E-state index contributed by atoms with van der Waals surface area (Å²) in [6.45, 7) is 0.892. The maximum Gasteiger partial charge on any atom is 0.228 e. The minimum atomic E-state index is -0.738. The van der Waals surface area contributed by atoms with Gasteiger partial charge in [0.05, 0.1) is 11.8 Å². The van der Waals surface area contributed by atoms with E-state index in [0.717, 1.165) is 27.7 Å². The molecule has 7 heteroatoms. The number of amides is 2. The van der Waals surface area contributed by atoms with Crippen molar-refractivity contribution in [1.29, 1.82) is 0 Å². The van der Waals surface area contributed by atoms with Crippen molar-refractivity contribution in [3.63, 3.8) is 0 Å². The smallest absolute Gasteiger partial charge is 0.228 e. The van der Waals surface area contributed by atoms with Gasteiger partial charge < -0.3 is 19.7 Å². The average molecular weight is 443 g/mol. The van der Waals surface area contributed by atoms with Gasteiger partial charge in [-0.05, 0) is 18.1 Å². The summed E-state index contributed by atoms with van der Waals surface area (Å²) >= 11 is 0. The van der Waals surface area contributed by atoms with Gasteiger partial charge in [-0.3, -0.25) is 9.59 Å². The molecule has 4 aromatic rings. The highest BCUT2D eigenvalue weighted by molar-refractivity contribution is 5.90. The van der Waals surface area contributed by atoms with Crippen LogP contribution in [0.5, 0.6) is 0 Å². The van der Waals surface area contributed by atoms with Crippen LogP contribution in [0.3, 0.4) is 0 Å². The van der Waals surface area contributed by atoms with Crippen LogP contribution in [-0.2, 0) is 22.4 Å². The molecule has 33 heavy (non-hydrogen) atoms. The maximum absolute atomic E-state index is 13.1. The molecule has 1 saturated heterocycles.